The summed E-state index contributed by atoms with van der Waals surface area (Å²) >= 11 is 0. The number of carbonyl (C=O) groups is 2. The van der Waals surface area contributed by atoms with Crippen molar-refractivity contribution in [1.29, 1.82) is 0 Å². The number of rotatable bonds is 4. The van der Waals surface area contributed by atoms with Gasteiger partial charge in [0.2, 0.25) is 5.91 Å². The number of alkyl halides is 3. The summed E-state index contributed by atoms with van der Waals surface area (Å²) in [6.07, 6.45) is -4.05. The van der Waals surface area contributed by atoms with Crippen molar-refractivity contribution in [2.24, 2.45) is 5.92 Å². The van der Waals surface area contributed by atoms with Gasteiger partial charge in [-0.15, -0.1) is 13.2 Å². The molecule has 0 spiro atoms. The minimum atomic E-state index is -4.81. The molecule has 9 heteroatoms. The molecule has 1 aliphatic rings. The summed E-state index contributed by atoms with van der Waals surface area (Å²) in [5.41, 5.74) is -0.415. The predicted octanol–water partition coefficient (Wildman–Crippen LogP) is 3.85. The topological polar surface area (TPSA) is 67.9 Å². The Morgan fingerprint density at radius 3 is 2.54 bits per heavy atom. The fraction of sp³-hybridized carbons (Fsp3) is 0.579. The van der Waals surface area contributed by atoms with Gasteiger partial charge in [-0.1, -0.05) is 18.2 Å². The monoisotopic (exact) mass is 402 g/mol. The van der Waals surface area contributed by atoms with Crippen LogP contribution in [0.2, 0.25) is 0 Å². The molecule has 28 heavy (non-hydrogen) atoms. The standard InChI is InChI=1S/C19H25F3N2O4/c1-18(2,3)28-17(26)24-10-6-8-14(12-24)16(25)23-11-13-7-4-5-9-15(13)27-19(20,21)22/h4-5,7,9,14H,6,8,10-12H2,1-3H3,(H,23,25)/t14-/m1/s1. The Hall–Kier alpha value is -2.45. The van der Waals surface area contributed by atoms with Crippen molar-refractivity contribution < 1.29 is 32.2 Å². The Bertz CT molecular complexity index is 701. The van der Waals surface area contributed by atoms with Gasteiger partial charge in [-0.3, -0.25) is 4.79 Å². The maximum Gasteiger partial charge on any atom is 0.573 e. The number of nitrogens with one attached hydrogen (secondary N) is 1. The third-order valence-electron chi connectivity index (χ3n) is 4.10. The van der Waals surface area contributed by atoms with E-state index in [1.54, 1.807) is 26.8 Å². The predicted molar refractivity (Wildman–Crippen MR) is 95.5 cm³/mol. The first-order valence-corrected chi connectivity index (χ1v) is 9.04. The SMILES string of the molecule is CC(C)(C)OC(=O)N1CCC[C@@H](C(=O)NCc2ccccc2OC(F)(F)F)C1. The van der Waals surface area contributed by atoms with E-state index in [1.807, 2.05) is 0 Å². The van der Waals surface area contributed by atoms with E-state index in [2.05, 4.69) is 10.1 Å². The summed E-state index contributed by atoms with van der Waals surface area (Å²) in [5.74, 6) is -1.12. The van der Waals surface area contributed by atoms with Crippen molar-refractivity contribution >= 4 is 12.0 Å². The van der Waals surface area contributed by atoms with E-state index >= 15 is 0 Å². The molecule has 2 amide bonds. The highest BCUT2D eigenvalue weighted by Gasteiger charge is 2.33. The average Bonchev–Trinajstić information content (AvgIpc) is 2.58. The third kappa shape index (κ3) is 6.94. The molecule has 2 rings (SSSR count). The van der Waals surface area contributed by atoms with Crippen molar-refractivity contribution in [2.45, 2.75) is 52.1 Å². The first-order valence-electron chi connectivity index (χ1n) is 9.04. The first kappa shape index (κ1) is 21.8. The van der Waals surface area contributed by atoms with E-state index in [4.69, 9.17) is 4.74 Å². The van der Waals surface area contributed by atoms with Crippen LogP contribution in [0.5, 0.6) is 5.75 Å². The van der Waals surface area contributed by atoms with Crippen molar-refractivity contribution in [3.8, 4) is 5.75 Å². The number of nitrogens with zero attached hydrogens (tertiary/aromatic N) is 1. The van der Waals surface area contributed by atoms with Crippen LogP contribution in [0, 0.1) is 5.92 Å². The van der Waals surface area contributed by atoms with Gasteiger partial charge in [-0.25, -0.2) is 4.79 Å². The molecule has 0 bridgehead atoms. The number of halogens is 3. The summed E-state index contributed by atoms with van der Waals surface area (Å²) in [6, 6.07) is 5.64. The van der Waals surface area contributed by atoms with E-state index in [0.29, 0.717) is 19.4 Å². The van der Waals surface area contributed by atoms with Crippen molar-refractivity contribution in [2.75, 3.05) is 13.1 Å². The maximum absolute atomic E-state index is 12.5. The second-order valence-electron chi connectivity index (χ2n) is 7.64. The first-order chi connectivity index (χ1) is 12.9. The highest BCUT2D eigenvalue weighted by atomic mass is 19.4. The van der Waals surface area contributed by atoms with E-state index in [-0.39, 0.29) is 30.3 Å². The fourth-order valence-electron chi connectivity index (χ4n) is 2.88. The van der Waals surface area contributed by atoms with Gasteiger partial charge in [0.1, 0.15) is 11.4 Å². The van der Waals surface area contributed by atoms with Crippen LogP contribution in [0.4, 0.5) is 18.0 Å². The number of hydrogen-bond acceptors (Lipinski definition) is 4. The Balaban J connectivity index is 1.94. The molecule has 156 valence electrons. The molecule has 1 atom stereocenters. The summed E-state index contributed by atoms with van der Waals surface area (Å²) in [5, 5.41) is 2.64. The minimum absolute atomic E-state index is 0.103. The Morgan fingerprint density at radius 2 is 1.89 bits per heavy atom. The second-order valence-corrected chi connectivity index (χ2v) is 7.64. The van der Waals surface area contributed by atoms with Crippen molar-refractivity contribution in [3.05, 3.63) is 29.8 Å². The maximum atomic E-state index is 12.5. The summed E-state index contributed by atoms with van der Waals surface area (Å²) in [6.45, 7) is 5.90. The van der Waals surface area contributed by atoms with E-state index in [9.17, 15) is 22.8 Å². The van der Waals surface area contributed by atoms with Gasteiger partial charge in [0, 0.05) is 25.2 Å². The quantitative estimate of drug-likeness (QED) is 0.831. The van der Waals surface area contributed by atoms with E-state index in [1.165, 1.54) is 23.1 Å². The van der Waals surface area contributed by atoms with Gasteiger partial charge in [-0.2, -0.15) is 0 Å². The largest absolute Gasteiger partial charge is 0.573 e. The molecule has 1 aromatic carbocycles. The van der Waals surface area contributed by atoms with E-state index < -0.39 is 24.0 Å². The number of carbonyl (C=O) groups excluding carboxylic acids is 2. The number of amides is 2. The van der Waals surface area contributed by atoms with Gasteiger partial charge < -0.3 is 19.7 Å². The molecule has 0 aliphatic carbocycles. The summed E-state index contributed by atoms with van der Waals surface area (Å²) in [7, 11) is 0. The lowest BCUT2D eigenvalue weighted by molar-refractivity contribution is -0.274. The van der Waals surface area contributed by atoms with Crippen LogP contribution in [0.15, 0.2) is 24.3 Å². The summed E-state index contributed by atoms with van der Waals surface area (Å²) in [4.78, 5) is 26.1. The van der Waals surface area contributed by atoms with E-state index in [0.717, 1.165) is 0 Å². The molecule has 1 heterocycles. The van der Waals surface area contributed by atoms with Crippen LogP contribution >= 0.6 is 0 Å². The van der Waals surface area contributed by atoms with Crippen LogP contribution in [-0.4, -0.2) is 42.0 Å². The number of benzene rings is 1. The molecule has 1 fully saturated rings. The fourth-order valence-corrected chi connectivity index (χ4v) is 2.88. The molecular formula is C19H25F3N2O4. The van der Waals surface area contributed by atoms with Gasteiger partial charge in [-0.05, 0) is 39.7 Å². The molecule has 1 N–H and O–H groups in total. The minimum Gasteiger partial charge on any atom is -0.444 e. The molecule has 6 nitrogen and oxygen atoms in total. The average molecular weight is 402 g/mol. The molecule has 0 unspecified atom stereocenters. The number of piperidine rings is 1. The lowest BCUT2D eigenvalue weighted by Crippen LogP contribution is -2.46. The lowest BCUT2D eigenvalue weighted by Gasteiger charge is -2.33. The van der Waals surface area contributed by atoms with Crippen molar-refractivity contribution in [1.82, 2.24) is 10.2 Å². The van der Waals surface area contributed by atoms with Crippen LogP contribution in [-0.2, 0) is 16.1 Å². The van der Waals surface area contributed by atoms with Gasteiger partial charge in [0.25, 0.3) is 0 Å². The second kappa shape index (κ2) is 8.70. The zero-order valence-corrected chi connectivity index (χ0v) is 16.1. The van der Waals surface area contributed by atoms with Crippen LogP contribution < -0.4 is 10.1 Å². The summed E-state index contributed by atoms with van der Waals surface area (Å²) < 4.78 is 46.8. The van der Waals surface area contributed by atoms with Gasteiger partial charge >= 0.3 is 12.5 Å². The molecule has 1 saturated heterocycles. The Kier molecular flexibility index (Phi) is 6.79. The van der Waals surface area contributed by atoms with Crippen LogP contribution in [0.1, 0.15) is 39.2 Å². The Morgan fingerprint density at radius 1 is 1.21 bits per heavy atom. The zero-order chi connectivity index (χ0) is 20.9. The van der Waals surface area contributed by atoms with Gasteiger partial charge in [0.15, 0.2) is 0 Å². The van der Waals surface area contributed by atoms with Crippen LogP contribution in [0.3, 0.4) is 0 Å². The van der Waals surface area contributed by atoms with Gasteiger partial charge in [0.05, 0.1) is 5.92 Å². The zero-order valence-electron chi connectivity index (χ0n) is 16.1. The normalized spacial score (nSPS) is 17.8. The number of hydrogen-bond donors (Lipinski definition) is 1. The molecule has 0 aromatic heterocycles. The number of ether oxygens (including phenoxy) is 2. The lowest BCUT2D eigenvalue weighted by atomic mass is 9.97. The smallest absolute Gasteiger partial charge is 0.444 e. The Labute approximate surface area is 162 Å². The highest BCUT2D eigenvalue weighted by Crippen LogP contribution is 2.26. The van der Waals surface area contributed by atoms with Crippen LogP contribution in [0.25, 0.3) is 0 Å². The molecule has 0 saturated carbocycles. The molecule has 1 aromatic rings. The number of likely N-dealkylation sites (tertiary alicyclic amines) is 1. The van der Waals surface area contributed by atoms with Crippen molar-refractivity contribution in [3.63, 3.8) is 0 Å². The highest BCUT2D eigenvalue weighted by molar-refractivity contribution is 5.80. The molecule has 0 radical (unpaired) electrons. The third-order valence-corrected chi connectivity index (χ3v) is 4.10. The molecular weight excluding hydrogens is 377 g/mol. The number of para-hydroxylation sites is 1. The molecule has 1 aliphatic heterocycles.